The van der Waals surface area contributed by atoms with Gasteiger partial charge < -0.3 is 24.6 Å². The van der Waals surface area contributed by atoms with Gasteiger partial charge in [-0.05, 0) is 26.2 Å². The SMILES string of the molecule is COCCOCCOCCC(C)(CO)NC1CC1. The number of ether oxygens (including phenoxy) is 3. The molecule has 5 heteroatoms. The molecule has 18 heavy (non-hydrogen) atoms. The molecule has 1 atom stereocenters. The normalized spacial score (nSPS) is 18.8. The van der Waals surface area contributed by atoms with Crippen molar-refractivity contribution in [2.24, 2.45) is 0 Å². The van der Waals surface area contributed by atoms with Gasteiger partial charge in [0.25, 0.3) is 0 Å². The van der Waals surface area contributed by atoms with Crippen molar-refractivity contribution in [1.82, 2.24) is 5.32 Å². The fourth-order valence-corrected chi connectivity index (χ4v) is 1.68. The molecule has 108 valence electrons. The summed E-state index contributed by atoms with van der Waals surface area (Å²) in [5.74, 6) is 0. The molecule has 2 N–H and O–H groups in total. The molecule has 0 amide bonds. The average molecular weight is 261 g/mol. The molecule has 0 aliphatic heterocycles. The van der Waals surface area contributed by atoms with Crippen LogP contribution in [0.4, 0.5) is 0 Å². The molecular formula is C13H27NO4. The molecule has 5 nitrogen and oxygen atoms in total. The molecule has 1 saturated carbocycles. The fraction of sp³-hybridized carbons (Fsp3) is 1.00. The van der Waals surface area contributed by atoms with Gasteiger partial charge in [0.1, 0.15) is 0 Å². The first-order valence-electron chi connectivity index (χ1n) is 6.73. The first kappa shape index (κ1) is 15.9. The van der Waals surface area contributed by atoms with E-state index in [1.54, 1.807) is 7.11 Å². The standard InChI is InChI=1S/C13H27NO4/c1-13(11-15,14-12-3-4-12)5-6-17-9-10-18-8-7-16-2/h12,14-15H,3-11H2,1-2H3. The molecule has 0 bridgehead atoms. The summed E-state index contributed by atoms with van der Waals surface area (Å²) in [5.41, 5.74) is -0.210. The molecule has 1 aliphatic carbocycles. The average Bonchev–Trinajstić information content (AvgIpc) is 3.16. The Morgan fingerprint density at radius 3 is 2.28 bits per heavy atom. The van der Waals surface area contributed by atoms with E-state index in [1.165, 1.54) is 12.8 Å². The van der Waals surface area contributed by atoms with E-state index in [0.717, 1.165) is 6.42 Å². The van der Waals surface area contributed by atoms with Crippen molar-refractivity contribution in [3.8, 4) is 0 Å². The van der Waals surface area contributed by atoms with Crippen LogP contribution in [0.15, 0.2) is 0 Å². The Morgan fingerprint density at radius 1 is 1.11 bits per heavy atom. The van der Waals surface area contributed by atoms with Crippen molar-refractivity contribution >= 4 is 0 Å². The van der Waals surface area contributed by atoms with Crippen molar-refractivity contribution in [3.05, 3.63) is 0 Å². The second-order valence-corrected chi connectivity index (χ2v) is 5.10. The summed E-state index contributed by atoms with van der Waals surface area (Å²) >= 11 is 0. The molecular weight excluding hydrogens is 234 g/mol. The van der Waals surface area contributed by atoms with Gasteiger partial charge in [-0.25, -0.2) is 0 Å². The lowest BCUT2D eigenvalue weighted by Crippen LogP contribution is -2.47. The number of rotatable bonds is 12. The highest BCUT2D eigenvalue weighted by molar-refractivity contribution is 4.92. The Hall–Kier alpha value is -0.200. The van der Waals surface area contributed by atoms with Gasteiger partial charge in [-0.3, -0.25) is 0 Å². The smallest absolute Gasteiger partial charge is 0.0701 e. The molecule has 0 aromatic heterocycles. The third-order valence-corrected chi connectivity index (χ3v) is 3.08. The summed E-state index contributed by atoms with van der Waals surface area (Å²) in [6, 6.07) is 0.597. The van der Waals surface area contributed by atoms with Crippen molar-refractivity contribution < 1.29 is 19.3 Å². The molecule has 0 saturated heterocycles. The van der Waals surface area contributed by atoms with Gasteiger partial charge in [-0.2, -0.15) is 0 Å². The van der Waals surface area contributed by atoms with Crippen LogP contribution in [0.3, 0.4) is 0 Å². The first-order valence-corrected chi connectivity index (χ1v) is 6.73. The van der Waals surface area contributed by atoms with Crippen LogP contribution in [0, 0.1) is 0 Å². The van der Waals surface area contributed by atoms with Gasteiger partial charge in [-0.1, -0.05) is 0 Å². The van der Waals surface area contributed by atoms with E-state index in [2.05, 4.69) is 5.32 Å². The van der Waals surface area contributed by atoms with Crippen LogP contribution in [0.2, 0.25) is 0 Å². The minimum atomic E-state index is -0.210. The van der Waals surface area contributed by atoms with Crippen LogP contribution in [-0.2, 0) is 14.2 Å². The molecule has 0 radical (unpaired) electrons. The van der Waals surface area contributed by atoms with Crippen LogP contribution < -0.4 is 5.32 Å². The summed E-state index contributed by atoms with van der Waals surface area (Å²) < 4.78 is 15.7. The Kier molecular flexibility index (Phi) is 7.77. The maximum Gasteiger partial charge on any atom is 0.0701 e. The lowest BCUT2D eigenvalue weighted by atomic mass is 9.99. The van der Waals surface area contributed by atoms with Gasteiger partial charge in [0.05, 0.1) is 33.0 Å². The summed E-state index contributed by atoms with van der Waals surface area (Å²) in [6.07, 6.45) is 3.27. The summed E-state index contributed by atoms with van der Waals surface area (Å²) in [4.78, 5) is 0. The number of hydrogen-bond acceptors (Lipinski definition) is 5. The number of aliphatic hydroxyl groups is 1. The highest BCUT2D eigenvalue weighted by atomic mass is 16.5. The molecule has 0 spiro atoms. The van der Waals surface area contributed by atoms with E-state index < -0.39 is 0 Å². The van der Waals surface area contributed by atoms with E-state index in [1.807, 2.05) is 6.92 Å². The van der Waals surface area contributed by atoms with Crippen LogP contribution in [0.5, 0.6) is 0 Å². The molecule has 0 heterocycles. The fourth-order valence-electron chi connectivity index (χ4n) is 1.68. The number of methoxy groups -OCH3 is 1. The number of nitrogens with one attached hydrogen (secondary N) is 1. The minimum Gasteiger partial charge on any atom is -0.394 e. The molecule has 1 aliphatic rings. The molecule has 1 fully saturated rings. The second kappa shape index (κ2) is 8.82. The summed E-state index contributed by atoms with van der Waals surface area (Å²) in [6.45, 7) is 5.25. The first-order chi connectivity index (χ1) is 8.70. The van der Waals surface area contributed by atoms with Crippen molar-refractivity contribution in [2.75, 3.05) is 46.8 Å². The van der Waals surface area contributed by atoms with E-state index in [4.69, 9.17) is 14.2 Å². The second-order valence-electron chi connectivity index (χ2n) is 5.10. The van der Waals surface area contributed by atoms with Crippen molar-refractivity contribution in [3.63, 3.8) is 0 Å². The maximum absolute atomic E-state index is 9.41. The molecule has 0 aromatic rings. The molecule has 1 unspecified atom stereocenters. The Morgan fingerprint density at radius 2 is 1.72 bits per heavy atom. The van der Waals surface area contributed by atoms with E-state index in [-0.39, 0.29) is 12.1 Å². The van der Waals surface area contributed by atoms with Crippen LogP contribution in [-0.4, -0.2) is 63.4 Å². The Balaban J connectivity index is 1.94. The van der Waals surface area contributed by atoms with Gasteiger partial charge in [0, 0.05) is 25.3 Å². The summed E-state index contributed by atoms with van der Waals surface area (Å²) in [7, 11) is 1.66. The van der Waals surface area contributed by atoms with Crippen LogP contribution in [0.1, 0.15) is 26.2 Å². The molecule has 0 aromatic carbocycles. The largest absolute Gasteiger partial charge is 0.394 e. The van der Waals surface area contributed by atoms with Crippen molar-refractivity contribution in [2.45, 2.75) is 37.8 Å². The zero-order chi connectivity index (χ0) is 13.3. The van der Waals surface area contributed by atoms with E-state index >= 15 is 0 Å². The third kappa shape index (κ3) is 7.28. The van der Waals surface area contributed by atoms with E-state index in [9.17, 15) is 5.11 Å². The topological polar surface area (TPSA) is 60.0 Å². The predicted octanol–water partition coefficient (Wildman–Crippen LogP) is 0.559. The zero-order valence-corrected chi connectivity index (χ0v) is 11.6. The Labute approximate surface area is 110 Å². The predicted molar refractivity (Wildman–Crippen MR) is 69.8 cm³/mol. The lowest BCUT2D eigenvalue weighted by Gasteiger charge is -2.28. The van der Waals surface area contributed by atoms with Crippen molar-refractivity contribution in [1.29, 1.82) is 0 Å². The van der Waals surface area contributed by atoms with Crippen LogP contribution >= 0.6 is 0 Å². The highest BCUT2D eigenvalue weighted by Crippen LogP contribution is 2.23. The summed E-state index contributed by atoms with van der Waals surface area (Å²) in [5, 5.41) is 12.9. The van der Waals surface area contributed by atoms with E-state index in [0.29, 0.717) is 39.1 Å². The highest BCUT2D eigenvalue weighted by Gasteiger charge is 2.31. The monoisotopic (exact) mass is 261 g/mol. The van der Waals surface area contributed by atoms with Gasteiger partial charge >= 0.3 is 0 Å². The number of aliphatic hydroxyl groups excluding tert-OH is 1. The maximum atomic E-state index is 9.41. The lowest BCUT2D eigenvalue weighted by molar-refractivity contribution is 0.0168. The quantitative estimate of drug-likeness (QED) is 0.503. The minimum absolute atomic E-state index is 0.150. The third-order valence-electron chi connectivity index (χ3n) is 3.08. The van der Waals surface area contributed by atoms with Gasteiger partial charge in [0.15, 0.2) is 0 Å². The van der Waals surface area contributed by atoms with Gasteiger partial charge in [0.2, 0.25) is 0 Å². The zero-order valence-electron chi connectivity index (χ0n) is 11.6. The van der Waals surface area contributed by atoms with Crippen LogP contribution in [0.25, 0.3) is 0 Å². The van der Waals surface area contributed by atoms with Gasteiger partial charge in [-0.15, -0.1) is 0 Å². The Bertz CT molecular complexity index is 211. The molecule has 1 rings (SSSR count). The number of hydrogen-bond donors (Lipinski definition) is 2.